The maximum Gasteiger partial charge on any atom is 0.259 e. The Labute approximate surface area is 172 Å². The summed E-state index contributed by atoms with van der Waals surface area (Å²) >= 11 is 6.05. The van der Waals surface area contributed by atoms with Crippen LogP contribution in [-0.2, 0) is 6.61 Å². The Kier molecular flexibility index (Phi) is 5.35. The number of nitrogens with zero attached hydrogens (tertiary/aromatic N) is 2. The average Bonchev–Trinajstić information content (AvgIpc) is 3.15. The molecule has 0 saturated heterocycles. The van der Waals surface area contributed by atoms with Gasteiger partial charge in [0.15, 0.2) is 0 Å². The first-order valence-electron chi connectivity index (χ1n) is 8.93. The van der Waals surface area contributed by atoms with Gasteiger partial charge in [-0.25, -0.2) is 4.98 Å². The highest BCUT2D eigenvalue weighted by atomic mass is 35.5. The zero-order chi connectivity index (χ0) is 20.2. The molecule has 0 radical (unpaired) electrons. The van der Waals surface area contributed by atoms with Gasteiger partial charge in [-0.1, -0.05) is 29.8 Å². The number of rotatable bonds is 6. The van der Waals surface area contributed by atoms with E-state index in [1.54, 1.807) is 36.4 Å². The minimum Gasteiger partial charge on any atom is -0.495 e. The highest BCUT2D eigenvalue weighted by molar-refractivity contribution is 6.31. The van der Waals surface area contributed by atoms with Crippen LogP contribution in [0.1, 0.15) is 16.1 Å². The number of anilines is 1. The number of para-hydroxylation sites is 1. The molecule has 4 rings (SSSR count). The Bertz CT molecular complexity index is 1140. The van der Waals surface area contributed by atoms with E-state index in [-0.39, 0.29) is 12.5 Å². The van der Waals surface area contributed by atoms with E-state index in [1.807, 2.05) is 41.1 Å². The molecule has 1 N–H and O–H groups in total. The third-order valence-corrected chi connectivity index (χ3v) is 4.57. The van der Waals surface area contributed by atoms with Gasteiger partial charge in [0.2, 0.25) is 0 Å². The molecule has 0 aliphatic rings. The van der Waals surface area contributed by atoms with Crippen molar-refractivity contribution in [2.45, 2.75) is 6.61 Å². The topological polar surface area (TPSA) is 64.9 Å². The van der Waals surface area contributed by atoms with Gasteiger partial charge in [-0.3, -0.25) is 4.79 Å². The lowest BCUT2D eigenvalue weighted by atomic mass is 10.1. The SMILES string of the molecule is COc1ccc(Cl)cc1NC(=O)c1ccccc1OCc1cn2ccccc2n1. The van der Waals surface area contributed by atoms with Crippen molar-refractivity contribution in [1.82, 2.24) is 9.38 Å². The van der Waals surface area contributed by atoms with E-state index in [1.165, 1.54) is 7.11 Å². The zero-order valence-corrected chi connectivity index (χ0v) is 16.4. The van der Waals surface area contributed by atoms with Gasteiger partial charge in [-0.2, -0.15) is 0 Å². The summed E-state index contributed by atoms with van der Waals surface area (Å²) in [6.45, 7) is 0.243. The van der Waals surface area contributed by atoms with E-state index in [4.69, 9.17) is 21.1 Å². The smallest absolute Gasteiger partial charge is 0.259 e. The standard InChI is InChI=1S/C22H18ClN3O3/c1-28-20-10-9-15(23)12-18(20)25-22(27)17-6-2-3-7-19(17)29-14-16-13-26-11-5-4-8-21(26)24-16/h2-13H,14H2,1H3,(H,25,27). The summed E-state index contributed by atoms with van der Waals surface area (Å²) in [5.74, 6) is 0.657. The van der Waals surface area contributed by atoms with Gasteiger partial charge >= 0.3 is 0 Å². The number of fused-ring (bicyclic) bond motifs is 1. The van der Waals surface area contributed by atoms with Crippen LogP contribution >= 0.6 is 11.6 Å². The van der Waals surface area contributed by atoms with Crippen LogP contribution in [0.5, 0.6) is 11.5 Å². The van der Waals surface area contributed by atoms with Crippen LogP contribution in [-0.4, -0.2) is 22.4 Å². The van der Waals surface area contributed by atoms with Gasteiger partial charge in [-0.05, 0) is 42.5 Å². The molecular weight excluding hydrogens is 390 g/mol. The van der Waals surface area contributed by atoms with Crippen molar-refractivity contribution in [3.8, 4) is 11.5 Å². The van der Waals surface area contributed by atoms with Gasteiger partial charge in [0.1, 0.15) is 23.8 Å². The summed E-state index contributed by atoms with van der Waals surface area (Å²) < 4.78 is 13.1. The number of methoxy groups -OCH3 is 1. The Balaban J connectivity index is 1.53. The molecule has 29 heavy (non-hydrogen) atoms. The predicted octanol–water partition coefficient (Wildman–Crippen LogP) is 4.83. The Morgan fingerprint density at radius 1 is 1.10 bits per heavy atom. The first-order valence-corrected chi connectivity index (χ1v) is 9.31. The molecule has 0 bridgehead atoms. The predicted molar refractivity (Wildman–Crippen MR) is 112 cm³/mol. The van der Waals surface area contributed by atoms with Crippen molar-refractivity contribution in [2.75, 3.05) is 12.4 Å². The number of amides is 1. The third kappa shape index (κ3) is 4.17. The molecule has 0 aliphatic carbocycles. The molecule has 2 aromatic heterocycles. The molecule has 0 saturated carbocycles. The number of nitrogens with one attached hydrogen (secondary N) is 1. The van der Waals surface area contributed by atoms with E-state index in [0.29, 0.717) is 27.8 Å². The van der Waals surface area contributed by atoms with Gasteiger partial charge in [0.25, 0.3) is 5.91 Å². The second kappa shape index (κ2) is 8.24. The number of hydrogen-bond acceptors (Lipinski definition) is 4. The van der Waals surface area contributed by atoms with Crippen molar-refractivity contribution in [1.29, 1.82) is 0 Å². The number of benzene rings is 2. The number of carbonyl (C=O) groups excluding carboxylic acids is 1. The van der Waals surface area contributed by atoms with E-state index < -0.39 is 0 Å². The molecule has 146 valence electrons. The van der Waals surface area contributed by atoms with Crippen LogP contribution in [0.15, 0.2) is 73.1 Å². The maximum atomic E-state index is 12.9. The second-order valence-corrected chi connectivity index (χ2v) is 6.72. The summed E-state index contributed by atoms with van der Waals surface area (Å²) in [7, 11) is 1.53. The summed E-state index contributed by atoms with van der Waals surface area (Å²) in [4.78, 5) is 17.4. The average molecular weight is 408 g/mol. The van der Waals surface area contributed by atoms with Crippen molar-refractivity contribution in [3.63, 3.8) is 0 Å². The molecule has 0 spiro atoms. The number of ether oxygens (including phenoxy) is 2. The number of pyridine rings is 1. The second-order valence-electron chi connectivity index (χ2n) is 6.28. The minimum atomic E-state index is -0.323. The molecule has 0 aliphatic heterocycles. The third-order valence-electron chi connectivity index (χ3n) is 4.33. The fourth-order valence-electron chi connectivity index (χ4n) is 2.96. The van der Waals surface area contributed by atoms with Crippen LogP contribution in [0.2, 0.25) is 5.02 Å². The van der Waals surface area contributed by atoms with Crippen LogP contribution < -0.4 is 14.8 Å². The molecule has 2 aromatic carbocycles. The van der Waals surface area contributed by atoms with Crippen LogP contribution in [0.25, 0.3) is 5.65 Å². The number of imidazole rings is 1. The van der Waals surface area contributed by atoms with Crippen molar-refractivity contribution in [2.24, 2.45) is 0 Å². The van der Waals surface area contributed by atoms with Gasteiger partial charge < -0.3 is 19.2 Å². The van der Waals surface area contributed by atoms with E-state index >= 15 is 0 Å². The molecule has 0 atom stereocenters. The number of aromatic nitrogens is 2. The summed E-state index contributed by atoms with van der Waals surface area (Å²) in [5, 5.41) is 3.33. The van der Waals surface area contributed by atoms with E-state index in [0.717, 1.165) is 11.3 Å². The molecular formula is C22H18ClN3O3. The van der Waals surface area contributed by atoms with E-state index in [2.05, 4.69) is 10.3 Å². The summed E-state index contributed by atoms with van der Waals surface area (Å²) in [5.41, 5.74) is 2.49. The lowest BCUT2D eigenvalue weighted by molar-refractivity contribution is 0.102. The zero-order valence-electron chi connectivity index (χ0n) is 15.6. The largest absolute Gasteiger partial charge is 0.495 e. The van der Waals surface area contributed by atoms with Crippen molar-refractivity contribution in [3.05, 3.63) is 89.3 Å². The number of carbonyl (C=O) groups is 1. The first kappa shape index (κ1) is 18.8. The minimum absolute atomic E-state index is 0.243. The van der Waals surface area contributed by atoms with Crippen molar-refractivity contribution >= 4 is 28.8 Å². The Hall–Kier alpha value is -3.51. The van der Waals surface area contributed by atoms with Gasteiger partial charge in [0, 0.05) is 17.4 Å². The molecule has 0 unspecified atom stereocenters. The number of hydrogen-bond donors (Lipinski definition) is 1. The fourth-order valence-corrected chi connectivity index (χ4v) is 3.13. The monoisotopic (exact) mass is 407 g/mol. The highest BCUT2D eigenvalue weighted by Gasteiger charge is 2.15. The van der Waals surface area contributed by atoms with Crippen LogP contribution in [0, 0.1) is 0 Å². The normalized spacial score (nSPS) is 10.7. The summed E-state index contributed by atoms with van der Waals surface area (Å²) in [6, 6.07) is 17.9. The molecule has 7 heteroatoms. The quantitative estimate of drug-likeness (QED) is 0.497. The Morgan fingerprint density at radius 2 is 1.93 bits per heavy atom. The molecule has 2 heterocycles. The maximum absolute atomic E-state index is 12.9. The molecule has 0 fully saturated rings. The Morgan fingerprint density at radius 3 is 2.76 bits per heavy atom. The van der Waals surface area contributed by atoms with Gasteiger partial charge in [-0.15, -0.1) is 0 Å². The lowest BCUT2D eigenvalue weighted by Crippen LogP contribution is -2.14. The first-order chi connectivity index (χ1) is 14.1. The molecule has 1 amide bonds. The van der Waals surface area contributed by atoms with Crippen LogP contribution in [0.4, 0.5) is 5.69 Å². The number of halogens is 1. The summed E-state index contributed by atoms with van der Waals surface area (Å²) in [6.07, 6.45) is 3.82. The van der Waals surface area contributed by atoms with Crippen molar-refractivity contribution < 1.29 is 14.3 Å². The van der Waals surface area contributed by atoms with Gasteiger partial charge in [0.05, 0.1) is 24.1 Å². The fraction of sp³-hybridized carbons (Fsp3) is 0.0909. The molecule has 6 nitrogen and oxygen atoms in total. The molecule has 4 aromatic rings. The highest BCUT2D eigenvalue weighted by Crippen LogP contribution is 2.29. The van der Waals surface area contributed by atoms with Crippen LogP contribution in [0.3, 0.4) is 0 Å². The lowest BCUT2D eigenvalue weighted by Gasteiger charge is -2.13. The van der Waals surface area contributed by atoms with E-state index in [9.17, 15) is 4.79 Å².